The molecular weight excluding hydrogens is 308 g/mol. The SMILES string of the molecule is C[C@]1(c2ccccc2)OC(=O)[C@H]2[C@@H]1[C@H]1CCCCC1=C1CCCC[C@H]12. The highest BCUT2D eigenvalue weighted by atomic mass is 16.6. The molecule has 0 unspecified atom stereocenters. The van der Waals surface area contributed by atoms with Crippen LogP contribution in [-0.4, -0.2) is 5.97 Å². The molecule has 2 heteroatoms. The van der Waals surface area contributed by atoms with Gasteiger partial charge in [-0.25, -0.2) is 0 Å². The second-order valence-electron chi connectivity index (χ2n) is 8.70. The minimum absolute atomic E-state index is 0.0744. The summed E-state index contributed by atoms with van der Waals surface area (Å²) >= 11 is 0. The van der Waals surface area contributed by atoms with Crippen LogP contribution in [0, 0.1) is 23.7 Å². The zero-order valence-electron chi connectivity index (χ0n) is 15.2. The molecule has 2 saturated carbocycles. The maximum atomic E-state index is 13.1. The van der Waals surface area contributed by atoms with Crippen molar-refractivity contribution in [3.8, 4) is 0 Å². The van der Waals surface area contributed by atoms with Crippen LogP contribution in [0.15, 0.2) is 41.5 Å². The van der Waals surface area contributed by atoms with E-state index in [-0.39, 0.29) is 11.9 Å². The van der Waals surface area contributed by atoms with E-state index < -0.39 is 5.60 Å². The van der Waals surface area contributed by atoms with Crippen molar-refractivity contribution in [3.63, 3.8) is 0 Å². The lowest BCUT2D eigenvalue weighted by Gasteiger charge is -2.48. The summed E-state index contributed by atoms with van der Waals surface area (Å²) in [7, 11) is 0. The Hall–Kier alpha value is -1.57. The number of benzene rings is 1. The number of carbonyl (C=O) groups is 1. The van der Waals surface area contributed by atoms with E-state index in [1.165, 1.54) is 56.9 Å². The van der Waals surface area contributed by atoms with Gasteiger partial charge in [0.2, 0.25) is 0 Å². The summed E-state index contributed by atoms with van der Waals surface area (Å²) in [6, 6.07) is 10.5. The van der Waals surface area contributed by atoms with Crippen LogP contribution in [0.3, 0.4) is 0 Å². The predicted molar refractivity (Wildman–Crippen MR) is 97.8 cm³/mol. The van der Waals surface area contributed by atoms with Crippen molar-refractivity contribution in [2.24, 2.45) is 23.7 Å². The molecular formula is C23H28O2. The Bertz CT molecular complexity index is 719. The summed E-state index contributed by atoms with van der Waals surface area (Å²) in [5.41, 5.74) is 4.13. The molecule has 0 aromatic heterocycles. The topological polar surface area (TPSA) is 26.3 Å². The lowest BCUT2D eigenvalue weighted by molar-refractivity contribution is -0.151. The first-order chi connectivity index (χ1) is 12.2. The van der Waals surface area contributed by atoms with Gasteiger partial charge in [-0.1, -0.05) is 54.3 Å². The van der Waals surface area contributed by atoms with Gasteiger partial charge in [-0.2, -0.15) is 0 Å². The highest BCUT2D eigenvalue weighted by molar-refractivity contribution is 5.78. The van der Waals surface area contributed by atoms with Crippen LogP contribution in [0.2, 0.25) is 0 Å². The van der Waals surface area contributed by atoms with Crippen molar-refractivity contribution in [3.05, 3.63) is 47.0 Å². The monoisotopic (exact) mass is 336 g/mol. The van der Waals surface area contributed by atoms with Gasteiger partial charge in [-0.05, 0) is 62.8 Å². The molecule has 25 heavy (non-hydrogen) atoms. The Morgan fingerprint density at radius 2 is 1.56 bits per heavy atom. The Kier molecular flexibility index (Phi) is 3.59. The molecule has 0 bridgehead atoms. The number of carbonyl (C=O) groups excluding carboxylic acids is 1. The van der Waals surface area contributed by atoms with Gasteiger partial charge in [0.05, 0.1) is 5.92 Å². The van der Waals surface area contributed by atoms with E-state index in [0.717, 1.165) is 0 Å². The van der Waals surface area contributed by atoms with E-state index in [2.05, 4.69) is 31.2 Å². The molecule has 5 rings (SSSR count). The third-order valence-electron chi connectivity index (χ3n) is 7.55. The first-order valence-electron chi connectivity index (χ1n) is 10.2. The van der Waals surface area contributed by atoms with Gasteiger partial charge in [-0.15, -0.1) is 0 Å². The normalized spacial score (nSPS) is 40.1. The Balaban J connectivity index is 1.66. The molecule has 1 aromatic carbocycles. The quantitative estimate of drug-likeness (QED) is 0.508. The van der Waals surface area contributed by atoms with Gasteiger partial charge in [0.1, 0.15) is 5.60 Å². The van der Waals surface area contributed by atoms with E-state index in [0.29, 0.717) is 17.8 Å². The average molecular weight is 336 g/mol. The zero-order valence-corrected chi connectivity index (χ0v) is 15.2. The van der Waals surface area contributed by atoms with Gasteiger partial charge in [-0.3, -0.25) is 4.79 Å². The van der Waals surface area contributed by atoms with Gasteiger partial charge in [0, 0.05) is 5.92 Å². The molecule has 0 N–H and O–H groups in total. The molecule has 2 nitrogen and oxygen atoms in total. The number of rotatable bonds is 1. The zero-order chi connectivity index (χ0) is 17.0. The summed E-state index contributed by atoms with van der Waals surface area (Å²) < 4.78 is 6.21. The first-order valence-corrected chi connectivity index (χ1v) is 10.2. The van der Waals surface area contributed by atoms with Crippen molar-refractivity contribution in [2.45, 2.75) is 63.9 Å². The van der Waals surface area contributed by atoms with E-state index in [1.807, 2.05) is 6.07 Å². The third-order valence-corrected chi connectivity index (χ3v) is 7.55. The van der Waals surface area contributed by atoms with Gasteiger partial charge in [0.25, 0.3) is 0 Å². The molecule has 3 fully saturated rings. The molecule has 1 saturated heterocycles. The third kappa shape index (κ3) is 2.19. The van der Waals surface area contributed by atoms with Gasteiger partial charge < -0.3 is 4.74 Å². The Morgan fingerprint density at radius 1 is 0.920 bits per heavy atom. The minimum Gasteiger partial charge on any atom is -0.454 e. The van der Waals surface area contributed by atoms with Crippen LogP contribution in [-0.2, 0) is 15.1 Å². The van der Waals surface area contributed by atoms with Gasteiger partial charge >= 0.3 is 5.97 Å². The maximum Gasteiger partial charge on any atom is 0.310 e. The fourth-order valence-electron chi connectivity index (χ4n) is 6.57. The lowest BCUT2D eigenvalue weighted by Crippen LogP contribution is -2.45. The number of ether oxygens (including phenoxy) is 1. The van der Waals surface area contributed by atoms with Crippen molar-refractivity contribution < 1.29 is 9.53 Å². The molecule has 0 spiro atoms. The number of esters is 1. The number of cyclic esters (lactones) is 1. The van der Waals surface area contributed by atoms with Crippen LogP contribution >= 0.6 is 0 Å². The summed E-state index contributed by atoms with van der Waals surface area (Å²) in [4.78, 5) is 13.1. The largest absolute Gasteiger partial charge is 0.454 e. The molecule has 0 amide bonds. The standard InChI is InChI=1S/C23H28O2/c1-23(15-9-3-2-4-10-15)21-19-14-8-6-12-17(19)16-11-5-7-13-18(16)20(21)22(24)25-23/h2-4,9-10,18-21H,5-8,11-14H2,1H3/t18-,19+,20-,21+,23-/m1/s1. The fraction of sp³-hybridized carbons (Fsp3) is 0.609. The molecule has 0 radical (unpaired) electrons. The van der Waals surface area contributed by atoms with Crippen molar-refractivity contribution >= 4 is 5.97 Å². The van der Waals surface area contributed by atoms with E-state index >= 15 is 0 Å². The Labute approximate surface area is 150 Å². The fourth-order valence-corrected chi connectivity index (χ4v) is 6.57. The molecule has 132 valence electrons. The van der Waals surface area contributed by atoms with Crippen LogP contribution in [0.4, 0.5) is 0 Å². The summed E-state index contributed by atoms with van der Waals surface area (Å²) in [6.45, 7) is 2.19. The van der Waals surface area contributed by atoms with Crippen LogP contribution in [0.25, 0.3) is 0 Å². The number of fused-ring (bicyclic) bond motifs is 5. The van der Waals surface area contributed by atoms with Crippen LogP contribution in [0.5, 0.6) is 0 Å². The first kappa shape index (κ1) is 15.7. The van der Waals surface area contributed by atoms with Crippen LogP contribution in [0.1, 0.15) is 63.9 Å². The molecule has 1 aliphatic heterocycles. The van der Waals surface area contributed by atoms with Gasteiger partial charge in [0.15, 0.2) is 0 Å². The minimum atomic E-state index is -0.459. The summed E-state index contributed by atoms with van der Waals surface area (Å²) in [6.07, 6.45) is 10.1. The maximum absolute atomic E-state index is 13.1. The summed E-state index contributed by atoms with van der Waals surface area (Å²) in [5.74, 6) is 1.50. The average Bonchev–Trinajstić information content (AvgIpc) is 2.95. The Morgan fingerprint density at radius 3 is 2.28 bits per heavy atom. The van der Waals surface area contributed by atoms with Crippen molar-refractivity contribution in [1.29, 1.82) is 0 Å². The smallest absolute Gasteiger partial charge is 0.310 e. The van der Waals surface area contributed by atoms with E-state index in [1.54, 1.807) is 11.1 Å². The second kappa shape index (κ2) is 5.72. The number of hydrogen-bond donors (Lipinski definition) is 0. The highest BCUT2D eigenvalue weighted by Gasteiger charge is 2.62. The van der Waals surface area contributed by atoms with Crippen molar-refractivity contribution in [2.75, 3.05) is 0 Å². The molecule has 4 aliphatic rings. The molecule has 3 aliphatic carbocycles. The van der Waals surface area contributed by atoms with Crippen LogP contribution < -0.4 is 0 Å². The van der Waals surface area contributed by atoms with E-state index in [4.69, 9.17) is 4.74 Å². The number of allylic oxidation sites excluding steroid dienone is 2. The highest BCUT2D eigenvalue weighted by Crippen LogP contribution is 2.61. The molecule has 1 heterocycles. The number of hydrogen-bond acceptors (Lipinski definition) is 2. The summed E-state index contributed by atoms with van der Waals surface area (Å²) in [5, 5.41) is 0. The molecule has 1 aromatic rings. The predicted octanol–water partition coefficient (Wildman–Crippen LogP) is 5.38. The van der Waals surface area contributed by atoms with E-state index in [9.17, 15) is 4.79 Å². The van der Waals surface area contributed by atoms with Crippen molar-refractivity contribution in [1.82, 2.24) is 0 Å². The lowest BCUT2D eigenvalue weighted by atomic mass is 9.54. The molecule has 5 atom stereocenters. The second-order valence-corrected chi connectivity index (χ2v) is 8.70.